The molecule has 0 aromatic heterocycles. The number of hydrogen-bond donors (Lipinski definition) is 3. The van der Waals surface area contributed by atoms with Crippen LogP contribution < -0.4 is 5.32 Å². The minimum Gasteiger partial charge on any atom is -0.516 e. The van der Waals surface area contributed by atoms with Crippen LogP contribution in [0.3, 0.4) is 0 Å². The molecule has 0 saturated carbocycles. The smallest absolute Gasteiger partial charge is 0.240 e. The number of carbonyl (C=O) groups excluding carboxylic acids is 1. The van der Waals surface area contributed by atoms with Gasteiger partial charge in [-0.3, -0.25) is 4.79 Å². The molecule has 0 aliphatic carbocycles. The summed E-state index contributed by atoms with van der Waals surface area (Å²) in [6, 6.07) is -0.269. The normalized spacial score (nSPS) is 23.1. The molecule has 1 fully saturated rings. The lowest BCUT2D eigenvalue weighted by atomic mass is 10.1. The Morgan fingerprint density at radius 1 is 1.40 bits per heavy atom. The van der Waals surface area contributed by atoms with Gasteiger partial charge >= 0.3 is 0 Å². The average Bonchev–Trinajstić information content (AvgIpc) is 2.26. The number of rotatable bonds is 4. The summed E-state index contributed by atoms with van der Waals surface area (Å²) in [6.07, 6.45) is 5.44. The first-order chi connectivity index (χ1) is 7.29. The molecule has 1 saturated heterocycles. The number of hydrogen-bond acceptors (Lipinski definition) is 4. The van der Waals surface area contributed by atoms with Crippen molar-refractivity contribution in [2.45, 2.75) is 12.5 Å². The minimum atomic E-state index is -0.269. The number of carbonyl (C=O) groups is 1. The highest BCUT2D eigenvalue weighted by atomic mass is 16.2. The molecule has 0 aromatic carbocycles. The predicted molar refractivity (Wildman–Crippen MR) is 56.5 cm³/mol. The Balaban J connectivity index is 2.50. The second-order valence-corrected chi connectivity index (χ2v) is 3.30. The fourth-order valence-electron chi connectivity index (χ4n) is 1.53. The van der Waals surface area contributed by atoms with Gasteiger partial charge in [0.2, 0.25) is 5.91 Å². The van der Waals surface area contributed by atoms with E-state index in [4.69, 9.17) is 10.2 Å². The van der Waals surface area contributed by atoms with Crippen LogP contribution in [0.25, 0.3) is 0 Å². The molecule has 1 unspecified atom stereocenters. The largest absolute Gasteiger partial charge is 0.516 e. The molecule has 5 heteroatoms. The summed E-state index contributed by atoms with van der Waals surface area (Å²) in [7, 11) is 0. The van der Waals surface area contributed by atoms with E-state index in [0.29, 0.717) is 19.5 Å². The quantitative estimate of drug-likeness (QED) is 0.587. The third-order valence-electron chi connectivity index (χ3n) is 2.29. The first-order valence-electron chi connectivity index (χ1n) is 4.90. The maximum Gasteiger partial charge on any atom is 0.240 e. The summed E-state index contributed by atoms with van der Waals surface area (Å²) in [4.78, 5) is 13.4. The van der Waals surface area contributed by atoms with E-state index in [1.807, 2.05) is 0 Å². The van der Waals surface area contributed by atoms with E-state index in [1.165, 1.54) is 6.08 Å². The summed E-state index contributed by atoms with van der Waals surface area (Å²) in [5, 5.41) is 20.1. The zero-order chi connectivity index (χ0) is 11.1. The number of nitrogens with one attached hydrogen (secondary N) is 1. The fraction of sp³-hybridized carbons (Fsp3) is 0.500. The van der Waals surface area contributed by atoms with Crippen LogP contribution in [-0.2, 0) is 4.79 Å². The minimum absolute atomic E-state index is 0.00236. The average molecular weight is 212 g/mol. The van der Waals surface area contributed by atoms with Crippen molar-refractivity contribution in [1.82, 2.24) is 10.2 Å². The van der Waals surface area contributed by atoms with Gasteiger partial charge in [-0.15, -0.1) is 0 Å². The van der Waals surface area contributed by atoms with Crippen molar-refractivity contribution in [3.05, 3.63) is 24.7 Å². The van der Waals surface area contributed by atoms with Gasteiger partial charge in [-0.1, -0.05) is 0 Å². The standard InChI is InChI=1S/C10H16N2O3/c13-7-1-3-9-10(15)12(5-2-8-14)6-4-11-9/h1-2,7-9,11,13-14H,3-6H2. The van der Waals surface area contributed by atoms with Gasteiger partial charge in [0, 0.05) is 19.6 Å². The zero-order valence-electron chi connectivity index (χ0n) is 8.47. The molecule has 0 radical (unpaired) electrons. The highest BCUT2D eigenvalue weighted by molar-refractivity contribution is 5.83. The molecule has 1 aliphatic rings. The molecular formula is C10H16N2O3. The van der Waals surface area contributed by atoms with Crippen LogP contribution in [0.4, 0.5) is 0 Å². The van der Waals surface area contributed by atoms with Gasteiger partial charge < -0.3 is 20.4 Å². The SMILES string of the molecule is O=C1C(CC=CO)NCCN1CC=CO. The maximum atomic E-state index is 11.8. The Hall–Kier alpha value is -1.49. The maximum absolute atomic E-state index is 11.8. The third kappa shape index (κ3) is 3.28. The van der Waals surface area contributed by atoms with Crippen LogP contribution in [0.15, 0.2) is 24.7 Å². The Bertz CT molecular complexity index is 239. The van der Waals surface area contributed by atoms with E-state index in [2.05, 4.69) is 5.32 Å². The van der Waals surface area contributed by atoms with Crippen LogP contribution >= 0.6 is 0 Å². The van der Waals surface area contributed by atoms with Gasteiger partial charge in [-0.05, 0) is 18.6 Å². The molecule has 0 aromatic rings. The van der Waals surface area contributed by atoms with E-state index in [1.54, 1.807) is 11.0 Å². The molecule has 0 bridgehead atoms. The third-order valence-corrected chi connectivity index (χ3v) is 2.29. The number of amides is 1. The van der Waals surface area contributed by atoms with Crippen LogP contribution in [0, 0.1) is 0 Å². The molecule has 15 heavy (non-hydrogen) atoms. The van der Waals surface area contributed by atoms with E-state index >= 15 is 0 Å². The van der Waals surface area contributed by atoms with Crippen LogP contribution in [0.1, 0.15) is 6.42 Å². The summed E-state index contributed by atoms with van der Waals surface area (Å²) in [5.41, 5.74) is 0. The van der Waals surface area contributed by atoms with Crippen LogP contribution in [0.5, 0.6) is 0 Å². The number of aliphatic hydroxyl groups excluding tert-OH is 2. The highest BCUT2D eigenvalue weighted by Crippen LogP contribution is 2.05. The molecule has 3 N–H and O–H groups in total. The van der Waals surface area contributed by atoms with Gasteiger partial charge in [-0.2, -0.15) is 0 Å². The van der Waals surface area contributed by atoms with Crippen molar-refractivity contribution in [2.24, 2.45) is 0 Å². The number of piperazine rings is 1. The molecule has 84 valence electrons. The summed E-state index contributed by atoms with van der Waals surface area (Å²) in [5.74, 6) is -0.00236. The van der Waals surface area contributed by atoms with E-state index in [9.17, 15) is 4.79 Å². The van der Waals surface area contributed by atoms with Crippen molar-refractivity contribution in [1.29, 1.82) is 0 Å². The first-order valence-corrected chi connectivity index (χ1v) is 4.90. The van der Waals surface area contributed by atoms with Gasteiger partial charge in [0.25, 0.3) is 0 Å². The van der Waals surface area contributed by atoms with Crippen LogP contribution in [-0.4, -0.2) is 46.7 Å². The monoisotopic (exact) mass is 212 g/mol. The highest BCUT2D eigenvalue weighted by Gasteiger charge is 2.26. The van der Waals surface area contributed by atoms with Crippen LogP contribution in [0.2, 0.25) is 0 Å². The lowest BCUT2D eigenvalue weighted by Gasteiger charge is -2.31. The molecule has 1 amide bonds. The topological polar surface area (TPSA) is 72.8 Å². The molecule has 0 spiro atoms. The van der Waals surface area contributed by atoms with Crippen molar-refractivity contribution < 1.29 is 15.0 Å². The van der Waals surface area contributed by atoms with E-state index < -0.39 is 0 Å². The molecule has 1 atom stereocenters. The van der Waals surface area contributed by atoms with E-state index in [0.717, 1.165) is 19.1 Å². The molecule has 1 aliphatic heterocycles. The predicted octanol–water partition coefficient (Wildman–Crippen LogP) is 0.320. The Labute approximate surface area is 88.7 Å². The molecular weight excluding hydrogens is 196 g/mol. The van der Waals surface area contributed by atoms with Gasteiger partial charge in [0.1, 0.15) is 0 Å². The molecule has 1 rings (SSSR count). The summed E-state index contributed by atoms with van der Waals surface area (Å²) in [6.45, 7) is 1.80. The fourth-order valence-corrected chi connectivity index (χ4v) is 1.53. The number of nitrogens with zero attached hydrogens (tertiary/aromatic N) is 1. The lowest BCUT2D eigenvalue weighted by Crippen LogP contribution is -2.54. The van der Waals surface area contributed by atoms with Gasteiger partial charge in [0.05, 0.1) is 18.6 Å². The Morgan fingerprint density at radius 2 is 2.13 bits per heavy atom. The van der Waals surface area contributed by atoms with E-state index in [-0.39, 0.29) is 11.9 Å². The van der Waals surface area contributed by atoms with Crippen molar-refractivity contribution in [3.63, 3.8) is 0 Å². The summed E-state index contributed by atoms with van der Waals surface area (Å²) >= 11 is 0. The van der Waals surface area contributed by atoms with Crippen molar-refractivity contribution in [3.8, 4) is 0 Å². The second kappa shape index (κ2) is 6.08. The number of aliphatic hydroxyl groups is 2. The van der Waals surface area contributed by atoms with Gasteiger partial charge in [0.15, 0.2) is 0 Å². The second-order valence-electron chi connectivity index (χ2n) is 3.30. The summed E-state index contributed by atoms with van der Waals surface area (Å²) < 4.78 is 0. The first kappa shape index (κ1) is 11.6. The van der Waals surface area contributed by atoms with Crippen molar-refractivity contribution >= 4 is 5.91 Å². The Kier molecular flexibility index (Phi) is 4.70. The van der Waals surface area contributed by atoms with Crippen molar-refractivity contribution in [2.75, 3.05) is 19.6 Å². The zero-order valence-corrected chi connectivity index (χ0v) is 8.47. The van der Waals surface area contributed by atoms with Gasteiger partial charge in [-0.25, -0.2) is 0 Å². The Morgan fingerprint density at radius 3 is 2.80 bits per heavy atom. The lowest BCUT2D eigenvalue weighted by molar-refractivity contribution is -0.134. The molecule has 5 nitrogen and oxygen atoms in total. The molecule has 1 heterocycles.